The number of nitrogens with two attached hydrogens (primary N) is 1. The molecule has 0 spiro atoms. The summed E-state index contributed by atoms with van der Waals surface area (Å²) < 4.78 is 1.54. The molecule has 0 saturated carbocycles. The van der Waals surface area contributed by atoms with Gasteiger partial charge >= 0.3 is 0 Å². The molecule has 3 N–H and O–H groups in total. The van der Waals surface area contributed by atoms with E-state index in [4.69, 9.17) is 10.8 Å². The Hall–Kier alpha value is -2.21. The van der Waals surface area contributed by atoms with Crippen LogP contribution < -0.4 is 5.73 Å². The number of primary amides is 1. The maximum atomic E-state index is 11.1. The second kappa shape index (κ2) is 4.75. The molecule has 2 heterocycles. The highest BCUT2D eigenvalue weighted by molar-refractivity contribution is 5.91. The van der Waals surface area contributed by atoms with Gasteiger partial charge in [-0.2, -0.15) is 5.10 Å². The molecule has 0 aliphatic carbocycles. The van der Waals surface area contributed by atoms with E-state index in [2.05, 4.69) is 10.1 Å². The number of carbonyl (C=O) groups is 1. The first-order chi connectivity index (χ1) is 8.22. The standard InChI is InChI=1S/C11H12N4O2/c12-11(17)9-6-10(15(14-9)4-5-16)8-2-1-3-13-7-8/h1-3,6-7,16H,4-5H2,(H2,12,17). The van der Waals surface area contributed by atoms with E-state index in [1.165, 1.54) is 4.68 Å². The Morgan fingerprint density at radius 2 is 2.35 bits per heavy atom. The second-order valence-electron chi connectivity index (χ2n) is 3.47. The lowest BCUT2D eigenvalue weighted by molar-refractivity contribution is 0.0994. The van der Waals surface area contributed by atoms with Crippen molar-refractivity contribution in [3.05, 3.63) is 36.3 Å². The minimum Gasteiger partial charge on any atom is -0.394 e. The molecule has 88 valence electrons. The van der Waals surface area contributed by atoms with E-state index in [1.807, 2.05) is 6.07 Å². The maximum Gasteiger partial charge on any atom is 0.269 e. The maximum absolute atomic E-state index is 11.1. The normalized spacial score (nSPS) is 10.4. The van der Waals surface area contributed by atoms with Crippen molar-refractivity contribution >= 4 is 5.91 Å². The topological polar surface area (TPSA) is 94.0 Å². The smallest absolute Gasteiger partial charge is 0.269 e. The first-order valence-electron chi connectivity index (χ1n) is 5.11. The number of aliphatic hydroxyl groups is 1. The fraction of sp³-hybridized carbons (Fsp3) is 0.182. The van der Waals surface area contributed by atoms with E-state index in [0.29, 0.717) is 12.2 Å². The summed E-state index contributed by atoms with van der Waals surface area (Å²) in [6.07, 6.45) is 3.32. The van der Waals surface area contributed by atoms with Gasteiger partial charge in [-0.15, -0.1) is 0 Å². The quantitative estimate of drug-likeness (QED) is 0.778. The third-order valence-electron chi connectivity index (χ3n) is 2.30. The van der Waals surface area contributed by atoms with Crippen molar-refractivity contribution in [3.63, 3.8) is 0 Å². The number of aromatic nitrogens is 3. The second-order valence-corrected chi connectivity index (χ2v) is 3.47. The lowest BCUT2D eigenvalue weighted by atomic mass is 10.2. The molecule has 6 nitrogen and oxygen atoms in total. The van der Waals surface area contributed by atoms with Crippen molar-refractivity contribution in [2.24, 2.45) is 5.73 Å². The van der Waals surface area contributed by atoms with Crippen molar-refractivity contribution in [1.82, 2.24) is 14.8 Å². The van der Waals surface area contributed by atoms with Gasteiger partial charge < -0.3 is 10.8 Å². The molecule has 0 bridgehead atoms. The lowest BCUT2D eigenvalue weighted by Crippen LogP contribution is -2.13. The molecule has 1 amide bonds. The Morgan fingerprint density at radius 1 is 1.53 bits per heavy atom. The number of amides is 1. The summed E-state index contributed by atoms with van der Waals surface area (Å²) in [6, 6.07) is 5.23. The van der Waals surface area contributed by atoms with Gasteiger partial charge in [0.05, 0.1) is 18.8 Å². The zero-order valence-corrected chi connectivity index (χ0v) is 9.08. The van der Waals surface area contributed by atoms with Gasteiger partial charge in [0.25, 0.3) is 5.91 Å². The molecule has 2 rings (SSSR count). The Balaban J connectivity index is 2.48. The largest absolute Gasteiger partial charge is 0.394 e. The van der Waals surface area contributed by atoms with E-state index in [9.17, 15) is 4.79 Å². The van der Waals surface area contributed by atoms with Crippen molar-refractivity contribution in [2.75, 3.05) is 6.61 Å². The van der Waals surface area contributed by atoms with Crippen molar-refractivity contribution in [3.8, 4) is 11.3 Å². The monoisotopic (exact) mass is 232 g/mol. The van der Waals surface area contributed by atoms with Gasteiger partial charge in [-0.3, -0.25) is 14.5 Å². The SMILES string of the molecule is NC(=O)c1cc(-c2cccnc2)n(CCO)n1. The molecular weight excluding hydrogens is 220 g/mol. The molecule has 0 aliphatic heterocycles. The summed E-state index contributed by atoms with van der Waals surface area (Å²) in [5.41, 5.74) is 6.88. The summed E-state index contributed by atoms with van der Waals surface area (Å²) in [6.45, 7) is 0.241. The molecule has 0 unspecified atom stereocenters. The number of nitrogens with zero attached hydrogens (tertiary/aromatic N) is 3. The van der Waals surface area contributed by atoms with E-state index < -0.39 is 5.91 Å². The number of rotatable bonds is 4. The molecule has 0 fully saturated rings. The number of hydrogen-bond donors (Lipinski definition) is 2. The zero-order valence-electron chi connectivity index (χ0n) is 9.08. The lowest BCUT2D eigenvalue weighted by Gasteiger charge is -2.04. The van der Waals surface area contributed by atoms with E-state index in [1.54, 1.807) is 24.5 Å². The molecule has 0 saturated heterocycles. The molecule has 17 heavy (non-hydrogen) atoms. The summed E-state index contributed by atoms with van der Waals surface area (Å²) in [7, 11) is 0. The van der Waals surface area contributed by atoms with Crippen molar-refractivity contribution in [2.45, 2.75) is 6.54 Å². The fourth-order valence-electron chi connectivity index (χ4n) is 1.55. The molecule has 2 aromatic heterocycles. The van der Waals surface area contributed by atoms with Crippen LogP contribution in [0.5, 0.6) is 0 Å². The van der Waals surface area contributed by atoms with Gasteiger partial charge in [0.15, 0.2) is 5.69 Å². The third-order valence-corrected chi connectivity index (χ3v) is 2.30. The average molecular weight is 232 g/mol. The van der Waals surface area contributed by atoms with Crippen LogP contribution >= 0.6 is 0 Å². The summed E-state index contributed by atoms with van der Waals surface area (Å²) in [5.74, 6) is -0.591. The van der Waals surface area contributed by atoms with Crippen LogP contribution in [0.15, 0.2) is 30.6 Å². The van der Waals surface area contributed by atoms with Crippen LogP contribution in [0.4, 0.5) is 0 Å². The van der Waals surface area contributed by atoms with Crippen molar-refractivity contribution < 1.29 is 9.90 Å². The summed E-state index contributed by atoms with van der Waals surface area (Å²) in [4.78, 5) is 15.1. The highest BCUT2D eigenvalue weighted by Gasteiger charge is 2.12. The molecule has 2 aromatic rings. The predicted molar refractivity (Wildman–Crippen MR) is 61.1 cm³/mol. The van der Waals surface area contributed by atoms with Gasteiger partial charge in [-0.05, 0) is 18.2 Å². The highest BCUT2D eigenvalue weighted by Crippen LogP contribution is 2.19. The van der Waals surface area contributed by atoms with Gasteiger partial charge in [-0.25, -0.2) is 0 Å². The Labute approximate surface area is 97.7 Å². The number of pyridine rings is 1. The third kappa shape index (κ3) is 2.31. The van der Waals surface area contributed by atoms with Gasteiger partial charge in [0.1, 0.15) is 0 Å². The van der Waals surface area contributed by atoms with E-state index in [-0.39, 0.29) is 12.3 Å². The van der Waals surface area contributed by atoms with Crippen LogP contribution in [0.3, 0.4) is 0 Å². The van der Waals surface area contributed by atoms with Gasteiger partial charge in [0, 0.05) is 18.0 Å². The zero-order chi connectivity index (χ0) is 12.3. The minimum atomic E-state index is -0.591. The van der Waals surface area contributed by atoms with Crippen LogP contribution in [-0.2, 0) is 6.54 Å². The van der Waals surface area contributed by atoms with Crippen LogP contribution in [0.25, 0.3) is 11.3 Å². The molecule has 6 heteroatoms. The van der Waals surface area contributed by atoms with Crippen LogP contribution in [-0.4, -0.2) is 32.4 Å². The first kappa shape index (κ1) is 11.3. The Bertz CT molecular complexity index is 522. The number of carbonyl (C=O) groups excluding carboxylic acids is 1. The summed E-state index contributed by atoms with van der Waals surface area (Å²) in [5, 5.41) is 13.0. The van der Waals surface area contributed by atoms with Gasteiger partial charge in [-0.1, -0.05) is 0 Å². The average Bonchev–Trinajstić information content (AvgIpc) is 2.75. The fourth-order valence-corrected chi connectivity index (χ4v) is 1.55. The molecular formula is C11H12N4O2. The van der Waals surface area contributed by atoms with Crippen LogP contribution in [0.1, 0.15) is 10.5 Å². The first-order valence-corrected chi connectivity index (χ1v) is 5.11. The highest BCUT2D eigenvalue weighted by atomic mass is 16.3. The van der Waals surface area contributed by atoms with Crippen LogP contribution in [0.2, 0.25) is 0 Å². The van der Waals surface area contributed by atoms with E-state index in [0.717, 1.165) is 5.56 Å². The molecule has 0 aliphatic rings. The molecule has 0 aromatic carbocycles. The predicted octanol–water partition coefficient (Wildman–Crippen LogP) is 0.0363. The Morgan fingerprint density at radius 3 is 2.94 bits per heavy atom. The minimum absolute atomic E-state index is 0.0624. The van der Waals surface area contributed by atoms with Crippen molar-refractivity contribution in [1.29, 1.82) is 0 Å². The number of aliphatic hydroxyl groups excluding tert-OH is 1. The van der Waals surface area contributed by atoms with Crippen LogP contribution in [0, 0.1) is 0 Å². The Kier molecular flexibility index (Phi) is 3.15. The van der Waals surface area contributed by atoms with E-state index >= 15 is 0 Å². The number of hydrogen-bond acceptors (Lipinski definition) is 4. The van der Waals surface area contributed by atoms with Gasteiger partial charge in [0.2, 0.25) is 0 Å². The molecule has 0 atom stereocenters. The molecule has 0 radical (unpaired) electrons. The summed E-state index contributed by atoms with van der Waals surface area (Å²) >= 11 is 0.